The number of ether oxygens (including phenoxy) is 1. The van der Waals surface area contributed by atoms with Gasteiger partial charge in [0.2, 0.25) is 0 Å². The highest BCUT2D eigenvalue weighted by Gasteiger charge is 2.10. The topological polar surface area (TPSA) is 35.0 Å². The Balaban J connectivity index is 2.08. The van der Waals surface area contributed by atoms with Gasteiger partial charge in [-0.3, -0.25) is 4.98 Å². The maximum atomic E-state index is 5.25. The lowest BCUT2D eigenvalue weighted by atomic mass is 9.99. The van der Waals surface area contributed by atoms with Crippen LogP contribution < -0.4 is 4.74 Å². The molecule has 0 N–H and O–H groups in total. The van der Waals surface area contributed by atoms with Crippen molar-refractivity contribution in [3.8, 4) is 17.0 Å². The SMILES string of the molecule is COc1ccc(-c2nc3cnccc3c3ccc(C)cc23)cc1. The smallest absolute Gasteiger partial charge is 0.118 e. The van der Waals surface area contributed by atoms with E-state index in [1.54, 1.807) is 7.11 Å². The van der Waals surface area contributed by atoms with E-state index in [4.69, 9.17) is 9.72 Å². The quantitative estimate of drug-likeness (QED) is 0.500. The van der Waals surface area contributed by atoms with E-state index in [1.165, 1.54) is 10.9 Å². The lowest BCUT2D eigenvalue weighted by Gasteiger charge is -2.11. The minimum absolute atomic E-state index is 0.844. The number of nitrogens with zero attached hydrogens (tertiary/aromatic N) is 2. The van der Waals surface area contributed by atoms with Gasteiger partial charge < -0.3 is 4.74 Å². The maximum absolute atomic E-state index is 5.25. The molecule has 0 unspecified atom stereocenters. The lowest BCUT2D eigenvalue weighted by Crippen LogP contribution is -1.91. The second-order valence-corrected chi connectivity index (χ2v) is 5.63. The van der Waals surface area contributed by atoms with Crippen LogP contribution in [-0.2, 0) is 0 Å². The lowest BCUT2D eigenvalue weighted by molar-refractivity contribution is 0.415. The largest absolute Gasteiger partial charge is 0.497 e. The molecule has 0 fully saturated rings. The Morgan fingerprint density at radius 3 is 2.48 bits per heavy atom. The molecule has 23 heavy (non-hydrogen) atoms. The van der Waals surface area contributed by atoms with Crippen LogP contribution in [0.15, 0.2) is 60.9 Å². The summed E-state index contributed by atoms with van der Waals surface area (Å²) < 4.78 is 5.25. The fraction of sp³-hybridized carbons (Fsp3) is 0.100. The highest BCUT2D eigenvalue weighted by atomic mass is 16.5. The Morgan fingerprint density at radius 2 is 1.70 bits per heavy atom. The summed E-state index contributed by atoms with van der Waals surface area (Å²) in [5.41, 5.74) is 4.19. The van der Waals surface area contributed by atoms with Gasteiger partial charge in [-0.2, -0.15) is 0 Å². The summed E-state index contributed by atoms with van der Waals surface area (Å²) in [4.78, 5) is 9.08. The second-order valence-electron chi connectivity index (χ2n) is 5.63. The summed E-state index contributed by atoms with van der Waals surface area (Å²) in [6, 6.07) is 16.6. The Labute approximate surface area is 134 Å². The summed E-state index contributed by atoms with van der Waals surface area (Å²) in [6.07, 6.45) is 3.64. The number of aryl methyl sites for hydroxylation is 1. The van der Waals surface area contributed by atoms with Crippen LogP contribution in [0.25, 0.3) is 32.9 Å². The molecular weight excluding hydrogens is 284 g/mol. The highest BCUT2D eigenvalue weighted by molar-refractivity contribution is 6.10. The van der Waals surface area contributed by atoms with Crippen LogP contribution in [0.5, 0.6) is 5.75 Å². The van der Waals surface area contributed by atoms with E-state index in [2.05, 4.69) is 30.1 Å². The van der Waals surface area contributed by atoms with E-state index < -0.39 is 0 Å². The highest BCUT2D eigenvalue weighted by Crippen LogP contribution is 2.33. The Bertz CT molecular complexity index is 1010. The number of rotatable bonds is 2. The van der Waals surface area contributed by atoms with Crippen molar-refractivity contribution >= 4 is 21.7 Å². The van der Waals surface area contributed by atoms with E-state index in [0.717, 1.165) is 33.3 Å². The van der Waals surface area contributed by atoms with Crippen molar-refractivity contribution in [1.82, 2.24) is 9.97 Å². The number of methoxy groups -OCH3 is 1. The standard InChI is InChI=1S/C20H16N2O/c1-13-3-8-16-17-9-10-21-12-19(17)22-20(18(16)11-13)14-4-6-15(23-2)7-5-14/h3-12H,1-2H3. The second kappa shape index (κ2) is 5.36. The van der Waals surface area contributed by atoms with Gasteiger partial charge in [0.1, 0.15) is 5.75 Å². The van der Waals surface area contributed by atoms with E-state index >= 15 is 0 Å². The molecule has 0 bridgehead atoms. The van der Waals surface area contributed by atoms with Crippen LogP contribution in [0.4, 0.5) is 0 Å². The van der Waals surface area contributed by atoms with Crippen LogP contribution in [0.3, 0.4) is 0 Å². The zero-order valence-electron chi connectivity index (χ0n) is 13.1. The monoisotopic (exact) mass is 300 g/mol. The molecule has 0 saturated carbocycles. The number of aromatic nitrogens is 2. The van der Waals surface area contributed by atoms with E-state index in [9.17, 15) is 0 Å². The molecule has 3 nitrogen and oxygen atoms in total. The summed E-state index contributed by atoms with van der Waals surface area (Å²) in [5, 5.41) is 3.50. The van der Waals surface area contributed by atoms with Gasteiger partial charge >= 0.3 is 0 Å². The average molecular weight is 300 g/mol. The summed E-state index contributed by atoms with van der Waals surface area (Å²) in [6.45, 7) is 2.11. The first-order chi connectivity index (χ1) is 11.3. The molecule has 3 heteroatoms. The van der Waals surface area contributed by atoms with Crippen LogP contribution >= 0.6 is 0 Å². The van der Waals surface area contributed by atoms with Gasteiger partial charge in [-0.1, -0.05) is 17.7 Å². The molecule has 0 aliphatic heterocycles. The van der Waals surface area contributed by atoms with Crippen LogP contribution in [-0.4, -0.2) is 17.1 Å². The van der Waals surface area contributed by atoms with Crippen molar-refractivity contribution in [2.24, 2.45) is 0 Å². The van der Waals surface area contributed by atoms with Crippen LogP contribution in [0.1, 0.15) is 5.56 Å². The van der Waals surface area contributed by atoms with Crippen molar-refractivity contribution in [1.29, 1.82) is 0 Å². The van der Waals surface area contributed by atoms with Crippen molar-refractivity contribution in [3.05, 3.63) is 66.5 Å². The van der Waals surface area contributed by atoms with Crippen LogP contribution in [0, 0.1) is 6.92 Å². The summed E-state index contributed by atoms with van der Waals surface area (Å²) in [7, 11) is 1.67. The molecule has 2 heterocycles. The predicted molar refractivity (Wildman–Crippen MR) is 93.8 cm³/mol. The average Bonchev–Trinajstić information content (AvgIpc) is 2.61. The van der Waals surface area contributed by atoms with E-state index in [0.29, 0.717) is 0 Å². The molecule has 0 saturated heterocycles. The van der Waals surface area contributed by atoms with Gasteiger partial charge in [0.15, 0.2) is 0 Å². The molecule has 0 amide bonds. The Kier molecular flexibility index (Phi) is 3.19. The van der Waals surface area contributed by atoms with Crippen molar-refractivity contribution in [3.63, 3.8) is 0 Å². The first kappa shape index (κ1) is 13.7. The van der Waals surface area contributed by atoms with Gasteiger partial charge in [-0.05, 0) is 48.7 Å². The molecule has 2 aromatic carbocycles. The Morgan fingerprint density at radius 1 is 0.870 bits per heavy atom. The minimum Gasteiger partial charge on any atom is -0.497 e. The molecule has 0 radical (unpaired) electrons. The first-order valence-corrected chi connectivity index (χ1v) is 7.55. The molecule has 0 aliphatic rings. The predicted octanol–water partition coefficient (Wildman–Crippen LogP) is 4.77. The van der Waals surface area contributed by atoms with Crippen LogP contribution in [0.2, 0.25) is 0 Å². The zero-order valence-corrected chi connectivity index (χ0v) is 13.1. The number of fused-ring (bicyclic) bond motifs is 3. The molecular formula is C20H16N2O. The molecule has 2 aromatic heterocycles. The summed E-state index contributed by atoms with van der Waals surface area (Å²) >= 11 is 0. The van der Waals surface area contributed by atoms with Gasteiger partial charge in [0.25, 0.3) is 0 Å². The molecule has 0 spiro atoms. The Hall–Kier alpha value is -2.94. The number of hydrogen-bond donors (Lipinski definition) is 0. The third-order valence-corrected chi connectivity index (χ3v) is 4.12. The van der Waals surface area contributed by atoms with Gasteiger partial charge in [-0.15, -0.1) is 0 Å². The number of benzene rings is 2. The van der Waals surface area contributed by atoms with Gasteiger partial charge in [0.05, 0.1) is 24.5 Å². The molecule has 0 aliphatic carbocycles. The van der Waals surface area contributed by atoms with Crippen molar-refractivity contribution < 1.29 is 4.74 Å². The molecule has 0 atom stereocenters. The number of pyridine rings is 2. The zero-order chi connectivity index (χ0) is 15.8. The normalized spacial score (nSPS) is 11.0. The number of hydrogen-bond acceptors (Lipinski definition) is 3. The fourth-order valence-corrected chi connectivity index (χ4v) is 2.94. The van der Waals surface area contributed by atoms with Gasteiger partial charge in [0, 0.05) is 22.5 Å². The third-order valence-electron chi connectivity index (χ3n) is 4.12. The first-order valence-electron chi connectivity index (χ1n) is 7.55. The fourth-order valence-electron chi connectivity index (χ4n) is 2.94. The molecule has 4 aromatic rings. The minimum atomic E-state index is 0.844. The van der Waals surface area contributed by atoms with E-state index in [1.807, 2.05) is 42.7 Å². The molecule has 4 rings (SSSR count). The van der Waals surface area contributed by atoms with E-state index in [-0.39, 0.29) is 0 Å². The summed E-state index contributed by atoms with van der Waals surface area (Å²) in [5.74, 6) is 0.844. The van der Waals surface area contributed by atoms with Crippen molar-refractivity contribution in [2.45, 2.75) is 6.92 Å². The van der Waals surface area contributed by atoms with Crippen molar-refractivity contribution in [2.75, 3.05) is 7.11 Å². The third kappa shape index (κ3) is 2.30. The maximum Gasteiger partial charge on any atom is 0.118 e. The molecule has 112 valence electrons. The van der Waals surface area contributed by atoms with Gasteiger partial charge in [-0.25, -0.2) is 4.98 Å².